The Kier molecular flexibility index (Phi) is 5.35. The first-order valence-corrected chi connectivity index (χ1v) is 12.6. The first-order valence-electron chi connectivity index (χ1n) is 12.6. The van der Waals surface area contributed by atoms with Gasteiger partial charge in [0, 0.05) is 53.6 Å². The van der Waals surface area contributed by atoms with Gasteiger partial charge in [-0.2, -0.15) is 5.10 Å². The van der Waals surface area contributed by atoms with Gasteiger partial charge in [-0.15, -0.1) is 0 Å². The molecule has 38 heavy (non-hydrogen) atoms. The lowest BCUT2D eigenvalue weighted by Gasteiger charge is -2.11. The van der Waals surface area contributed by atoms with Gasteiger partial charge in [-0.25, -0.2) is 9.97 Å². The summed E-state index contributed by atoms with van der Waals surface area (Å²) in [5.41, 5.74) is 7.21. The number of fused-ring (bicyclic) bond motifs is 2. The van der Waals surface area contributed by atoms with Gasteiger partial charge in [0.2, 0.25) is 5.91 Å². The Bertz CT molecular complexity index is 1780. The normalized spacial score (nSPS) is 13.9. The number of nitrogens with zero attached hydrogens (tertiary/aromatic N) is 6. The zero-order chi connectivity index (χ0) is 25.5. The molecular weight excluding hydrogens is 478 g/mol. The van der Waals surface area contributed by atoms with Crippen LogP contribution in [0.2, 0.25) is 0 Å². The molecule has 0 bridgehead atoms. The summed E-state index contributed by atoms with van der Waals surface area (Å²) in [5, 5.41) is 11.4. The fraction of sp³-hybridized carbons (Fsp3) is 0.179. The molecule has 7 rings (SSSR count). The summed E-state index contributed by atoms with van der Waals surface area (Å²) in [4.78, 5) is 38.3. The number of pyridine rings is 4. The highest BCUT2D eigenvalue weighted by molar-refractivity contribution is 5.97. The molecule has 10 nitrogen and oxygen atoms in total. The van der Waals surface area contributed by atoms with Crippen LogP contribution in [0.1, 0.15) is 25.7 Å². The zero-order valence-corrected chi connectivity index (χ0v) is 20.3. The third kappa shape index (κ3) is 3.96. The van der Waals surface area contributed by atoms with Crippen LogP contribution in [-0.2, 0) is 4.79 Å². The topological polar surface area (TPSA) is 138 Å². The Balaban J connectivity index is 1.25. The summed E-state index contributed by atoms with van der Waals surface area (Å²) >= 11 is 0. The largest absolute Gasteiger partial charge is 0.335 e. The molecule has 10 heteroatoms. The SMILES string of the molecule is O=C(Nc1cncc(-c2cnc3[nH]nc(-c4nc5c(-c6ccncc6)cncc5[nH]4)c3c2)c1)C1CCCC1. The summed E-state index contributed by atoms with van der Waals surface area (Å²) in [7, 11) is 0. The minimum absolute atomic E-state index is 0.0673. The number of carbonyl (C=O) groups is 1. The van der Waals surface area contributed by atoms with E-state index in [1.807, 2.05) is 24.3 Å². The molecule has 6 aromatic rings. The molecule has 1 amide bonds. The fourth-order valence-electron chi connectivity index (χ4n) is 5.13. The minimum Gasteiger partial charge on any atom is -0.335 e. The number of aromatic nitrogens is 8. The Morgan fingerprint density at radius 3 is 2.58 bits per heavy atom. The maximum Gasteiger partial charge on any atom is 0.227 e. The number of amides is 1. The number of hydrogen-bond acceptors (Lipinski definition) is 7. The van der Waals surface area contributed by atoms with Crippen LogP contribution in [0.5, 0.6) is 0 Å². The highest BCUT2D eigenvalue weighted by atomic mass is 16.1. The summed E-state index contributed by atoms with van der Waals surface area (Å²) in [6.45, 7) is 0. The van der Waals surface area contributed by atoms with E-state index in [9.17, 15) is 4.79 Å². The van der Waals surface area contributed by atoms with Crippen molar-refractivity contribution in [2.75, 3.05) is 5.32 Å². The van der Waals surface area contributed by atoms with E-state index in [4.69, 9.17) is 4.98 Å². The Morgan fingerprint density at radius 1 is 0.895 bits per heavy atom. The predicted molar refractivity (Wildman–Crippen MR) is 144 cm³/mol. The number of carbonyl (C=O) groups excluding carboxylic acids is 1. The lowest BCUT2D eigenvalue weighted by atomic mass is 10.1. The molecule has 6 aromatic heterocycles. The van der Waals surface area contributed by atoms with Gasteiger partial charge in [0.05, 0.1) is 34.5 Å². The molecule has 1 fully saturated rings. The number of H-pyrrole nitrogens is 2. The smallest absolute Gasteiger partial charge is 0.227 e. The van der Waals surface area contributed by atoms with Crippen molar-refractivity contribution in [1.82, 2.24) is 40.1 Å². The van der Waals surface area contributed by atoms with Crippen molar-refractivity contribution in [1.29, 1.82) is 0 Å². The van der Waals surface area contributed by atoms with Crippen molar-refractivity contribution < 1.29 is 4.79 Å². The van der Waals surface area contributed by atoms with Gasteiger partial charge in [-0.05, 0) is 42.7 Å². The average Bonchev–Trinajstić information content (AvgIpc) is 3.73. The van der Waals surface area contributed by atoms with Crippen molar-refractivity contribution in [3.8, 4) is 33.8 Å². The monoisotopic (exact) mass is 501 g/mol. The van der Waals surface area contributed by atoms with E-state index < -0.39 is 0 Å². The van der Waals surface area contributed by atoms with E-state index in [-0.39, 0.29) is 11.8 Å². The van der Waals surface area contributed by atoms with Crippen molar-refractivity contribution in [3.63, 3.8) is 0 Å². The number of rotatable bonds is 5. The summed E-state index contributed by atoms with van der Waals surface area (Å²) in [5.74, 6) is 0.769. The average molecular weight is 502 g/mol. The zero-order valence-electron chi connectivity index (χ0n) is 20.3. The molecule has 0 unspecified atom stereocenters. The van der Waals surface area contributed by atoms with Gasteiger partial charge >= 0.3 is 0 Å². The van der Waals surface area contributed by atoms with E-state index in [2.05, 4.69) is 40.4 Å². The third-order valence-corrected chi connectivity index (χ3v) is 7.09. The first kappa shape index (κ1) is 22.2. The van der Waals surface area contributed by atoms with Gasteiger partial charge in [0.25, 0.3) is 0 Å². The molecule has 1 aliphatic rings. The molecule has 3 N–H and O–H groups in total. The molecule has 0 aliphatic heterocycles. The van der Waals surface area contributed by atoms with Crippen LogP contribution in [0, 0.1) is 5.92 Å². The second-order valence-corrected chi connectivity index (χ2v) is 9.53. The van der Waals surface area contributed by atoms with Crippen LogP contribution in [0.4, 0.5) is 5.69 Å². The van der Waals surface area contributed by atoms with Crippen molar-refractivity contribution >= 4 is 33.7 Å². The number of aromatic amines is 2. The van der Waals surface area contributed by atoms with E-state index >= 15 is 0 Å². The van der Waals surface area contributed by atoms with E-state index in [0.29, 0.717) is 22.9 Å². The van der Waals surface area contributed by atoms with Crippen LogP contribution in [0.25, 0.3) is 55.8 Å². The highest BCUT2D eigenvalue weighted by Crippen LogP contribution is 2.32. The second kappa shape index (κ2) is 9.15. The Morgan fingerprint density at radius 2 is 1.71 bits per heavy atom. The summed E-state index contributed by atoms with van der Waals surface area (Å²) < 4.78 is 0. The van der Waals surface area contributed by atoms with E-state index in [1.165, 1.54) is 0 Å². The summed E-state index contributed by atoms with van der Waals surface area (Å²) in [6.07, 6.45) is 16.4. The first-order chi connectivity index (χ1) is 18.7. The van der Waals surface area contributed by atoms with E-state index in [0.717, 1.165) is 64.4 Å². The second-order valence-electron chi connectivity index (χ2n) is 9.53. The number of nitrogens with one attached hydrogen (secondary N) is 3. The summed E-state index contributed by atoms with van der Waals surface area (Å²) in [6, 6.07) is 7.80. The van der Waals surface area contributed by atoms with Gasteiger partial charge in [0.1, 0.15) is 5.69 Å². The fourth-order valence-corrected chi connectivity index (χ4v) is 5.13. The van der Waals surface area contributed by atoms with Crippen LogP contribution in [0.15, 0.2) is 67.6 Å². The third-order valence-electron chi connectivity index (χ3n) is 7.09. The van der Waals surface area contributed by atoms with Crippen LogP contribution < -0.4 is 5.32 Å². The Labute approximate surface area is 217 Å². The number of hydrogen-bond donors (Lipinski definition) is 3. The molecule has 186 valence electrons. The Hall–Kier alpha value is -4.99. The van der Waals surface area contributed by atoms with Crippen molar-refractivity contribution in [2.45, 2.75) is 25.7 Å². The molecule has 0 atom stereocenters. The molecule has 0 spiro atoms. The molecule has 0 saturated heterocycles. The lowest BCUT2D eigenvalue weighted by Crippen LogP contribution is -2.20. The molecule has 0 radical (unpaired) electrons. The predicted octanol–water partition coefficient (Wildman–Crippen LogP) is 5.15. The standard InChI is InChI=1S/C28H23N9O/c38-28(17-3-1-2-4-17)33-20-9-18(11-30-13-20)19-10-21-25(36-37-26(21)32-12-19)27-34-23-15-31-14-22(24(23)35-27)16-5-7-29-8-6-16/h5-15,17H,1-4H2,(H,33,38)(H,34,35)(H,32,36,37). The van der Waals surface area contributed by atoms with Gasteiger partial charge in [0.15, 0.2) is 11.5 Å². The van der Waals surface area contributed by atoms with Crippen molar-refractivity contribution in [3.05, 3.63) is 67.6 Å². The molecule has 1 saturated carbocycles. The highest BCUT2D eigenvalue weighted by Gasteiger charge is 2.23. The minimum atomic E-state index is 0.0673. The molecular formula is C28H23N9O. The van der Waals surface area contributed by atoms with Gasteiger partial charge in [-0.3, -0.25) is 24.8 Å². The van der Waals surface area contributed by atoms with Crippen LogP contribution in [-0.4, -0.2) is 46.0 Å². The van der Waals surface area contributed by atoms with Crippen LogP contribution in [0.3, 0.4) is 0 Å². The van der Waals surface area contributed by atoms with Crippen molar-refractivity contribution in [2.24, 2.45) is 5.92 Å². The van der Waals surface area contributed by atoms with Gasteiger partial charge in [-0.1, -0.05) is 12.8 Å². The molecule has 1 aliphatic carbocycles. The maximum atomic E-state index is 12.6. The number of anilines is 1. The maximum absolute atomic E-state index is 12.6. The molecule has 0 aromatic carbocycles. The molecule has 6 heterocycles. The van der Waals surface area contributed by atoms with E-state index in [1.54, 1.807) is 43.4 Å². The van der Waals surface area contributed by atoms with Gasteiger partial charge < -0.3 is 10.3 Å². The lowest BCUT2D eigenvalue weighted by molar-refractivity contribution is -0.119. The number of imidazole rings is 1. The van der Waals surface area contributed by atoms with Crippen LogP contribution >= 0.6 is 0 Å². The quantitative estimate of drug-likeness (QED) is 0.297.